The summed E-state index contributed by atoms with van der Waals surface area (Å²) >= 11 is 12.1. The van der Waals surface area contributed by atoms with Crippen molar-refractivity contribution in [2.75, 3.05) is 17.4 Å². The van der Waals surface area contributed by atoms with E-state index in [4.69, 9.17) is 23.2 Å². The molecule has 0 aliphatic heterocycles. The fraction of sp³-hybridized carbons (Fsp3) is 0.136. The predicted molar refractivity (Wildman–Crippen MR) is 121 cm³/mol. The van der Waals surface area contributed by atoms with E-state index in [-0.39, 0.29) is 22.2 Å². The van der Waals surface area contributed by atoms with Gasteiger partial charge in [-0.25, -0.2) is 8.42 Å². The quantitative estimate of drug-likeness (QED) is 0.533. The maximum Gasteiger partial charge on any atom is 0.264 e. The second-order valence-electron chi connectivity index (χ2n) is 6.51. The standard InChI is InChI=1S/C22H20Cl2N2O3S/c23-20-12-11-18(15-21(20)24)26(30(28,29)19-9-5-2-6-10-19)16-22(27)25-14-13-17-7-3-1-4-8-17/h1-12,15H,13-14,16H2,(H,25,27). The molecule has 0 aromatic heterocycles. The zero-order valence-corrected chi connectivity index (χ0v) is 18.3. The lowest BCUT2D eigenvalue weighted by Crippen LogP contribution is -2.41. The van der Waals surface area contributed by atoms with E-state index < -0.39 is 15.9 Å². The van der Waals surface area contributed by atoms with Crippen molar-refractivity contribution in [1.82, 2.24) is 5.32 Å². The fourth-order valence-electron chi connectivity index (χ4n) is 2.85. The van der Waals surface area contributed by atoms with E-state index in [1.54, 1.807) is 18.2 Å². The maximum atomic E-state index is 13.2. The zero-order valence-electron chi connectivity index (χ0n) is 16.0. The number of carbonyl (C=O) groups is 1. The van der Waals surface area contributed by atoms with Gasteiger partial charge in [0.15, 0.2) is 0 Å². The molecule has 0 saturated carbocycles. The summed E-state index contributed by atoms with van der Waals surface area (Å²) in [5.74, 6) is -0.420. The number of nitrogens with one attached hydrogen (secondary N) is 1. The highest BCUT2D eigenvalue weighted by Crippen LogP contribution is 2.30. The summed E-state index contributed by atoms with van der Waals surface area (Å²) in [7, 11) is -3.99. The van der Waals surface area contributed by atoms with Gasteiger partial charge in [0.25, 0.3) is 10.0 Å². The van der Waals surface area contributed by atoms with Gasteiger partial charge in [0.2, 0.25) is 5.91 Å². The molecule has 0 fully saturated rings. The number of benzene rings is 3. The molecule has 1 N–H and O–H groups in total. The molecule has 0 saturated heterocycles. The summed E-state index contributed by atoms with van der Waals surface area (Å²) in [6, 6.07) is 22.1. The highest BCUT2D eigenvalue weighted by Gasteiger charge is 2.27. The second-order valence-corrected chi connectivity index (χ2v) is 9.19. The number of nitrogens with zero attached hydrogens (tertiary/aromatic N) is 1. The number of carbonyl (C=O) groups excluding carboxylic acids is 1. The van der Waals surface area contributed by atoms with E-state index in [1.165, 1.54) is 30.3 Å². The van der Waals surface area contributed by atoms with E-state index in [2.05, 4.69) is 5.32 Å². The Hall–Kier alpha value is -2.54. The van der Waals surface area contributed by atoms with Crippen LogP contribution in [0.1, 0.15) is 5.56 Å². The minimum absolute atomic E-state index is 0.0770. The number of hydrogen-bond donors (Lipinski definition) is 1. The maximum absolute atomic E-state index is 13.2. The van der Waals surface area contributed by atoms with E-state index in [1.807, 2.05) is 30.3 Å². The highest BCUT2D eigenvalue weighted by atomic mass is 35.5. The van der Waals surface area contributed by atoms with Crippen LogP contribution in [0.4, 0.5) is 5.69 Å². The fourth-order valence-corrected chi connectivity index (χ4v) is 4.58. The number of amides is 1. The minimum atomic E-state index is -3.99. The van der Waals surface area contributed by atoms with Gasteiger partial charge in [0, 0.05) is 6.54 Å². The van der Waals surface area contributed by atoms with Gasteiger partial charge in [-0.05, 0) is 42.3 Å². The molecule has 0 radical (unpaired) electrons. The van der Waals surface area contributed by atoms with Gasteiger partial charge < -0.3 is 5.32 Å². The molecule has 0 atom stereocenters. The summed E-state index contributed by atoms with van der Waals surface area (Å²) in [5.41, 5.74) is 1.34. The average Bonchev–Trinajstić information content (AvgIpc) is 2.75. The monoisotopic (exact) mass is 462 g/mol. The van der Waals surface area contributed by atoms with Crippen molar-refractivity contribution in [1.29, 1.82) is 0 Å². The molecule has 156 valence electrons. The Kier molecular flexibility index (Phi) is 7.37. The molecule has 8 heteroatoms. The largest absolute Gasteiger partial charge is 0.354 e. The van der Waals surface area contributed by atoms with Crippen molar-refractivity contribution in [2.24, 2.45) is 0 Å². The van der Waals surface area contributed by atoms with Crippen molar-refractivity contribution in [2.45, 2.75) is 11.3 Å². The minimum Gasteiger partial charge on any atom is -0.354 e. The summed E-state index contributed by atoms with van der Waals surface area (Å²) < 4.78 is 27.5. The molecule has 0 heterocycles. The summed E-state index contributed by atoms with van der Waals surface area (Å²) in [6.45, 7) is 0.00736. The molecule has 0 bridgehead atoms. The molecule has 0 aliphatic rings. The van der Waals surface area contributed by atoms with E-state index in [0.717, 1.165) is 9.87 Å². The van der Waals surface area contributed by atoms with Crippen LogP contribution < -0.4 is 9.62 Å². The first-order valence-electron chi connectivity index (χ1n) is 9.21. The molecule has 0 unspecified atom stereocenters. The Morgan fingerprint density at radius 3 is 2.13 bits per heavy atom. The van der Waals surface area contributed by atoms with Crippen molar-refractivity contribution in [3.8, 4) is 0 Å². The van der Waals surface area contributed by atoms with Crippen LogP contribution in [0.25, 0.3) is 0 Å². The van der Waals surface area contributed by atoms with Gasteiger partial charge in [0.1, 0.15) is 6.54 Å². The van der Waals surface area contributed by atoms with Crippen molar-refractivity contribution in [3.05, 3.63) is 94.5 Å². The smallest absolute Gasteiger partial charge is 0.264 e. The molecule has 0 aliphatic carbocycles. The van der Waals surface area contributed by atoms with Crippen molar-refractivity contribution in [3.63, 3.8) is 0 Å². The summed E-state index contributed by atoms with van der Waals surface area (Å²) in [4.78, 5) is 12.6. The molecular formula is C22H20Cl2N2O3S. The van der Waals surface area contributed by atoms with Crippen LogP contribution in [-0.2, 0) is 21.2 Å². The van der Waals surface area contributed by atoms with Gasteiger partial charge >= 0.3 is 0 Å². The number of rotatable bonds is 8. The Bertz CT molecular complexity index is 1110. The number of hydrogen-bond acceptors (Lipinski definition) is 3. The lowest BCUT2D eigenvalue weighted by atomic mass is 10.1. The Morgan fingerprint density at radius 2 is 1.50 bits per heavy atom. The van der Waals surface area contributed by atoms with Gasteiger partial charge in [-0.2, -0.15) is 0 Å². The lowest BCUT2D eigenvalue weighted by molar-refractivity contribution is -0.119. The molecule has 0 spiro atoms. The molecule has 5 nitrogen and oxygen atoms in total. The molecule has 3 rings (SSSR count). The SMILES string of the molecule is O=C(CN(c1ccc(Cl)c(Cl)c1)S(=O)(=O)c1ccccc1)NCCc1ccccc1. The van der Waals surface area contributed by atoms with Gasteiger partial charge in [0.05, 0.1) is 20.6 Å². The topological polar surface area (TPSA) is 66.5 Å². The molecule has 3 aromatic rings. The summed E-state index contributed by atoms with van der Waals surface area (Å²) in [5, 5.41) is 3.27. The van der Waals surface area contributed by atoms with Crippen LogP contribution in [0.5, 0.6) is 0 Å². The first-order valence-corrected chi connectivity index (χ1v) is 11.4. The third-order valence-electron chi connectivity index (χ3n) is 4.39. The average molecular weight is 463 g/mol. The van der Waals surface area contributed by atoms with Crippen LogP contribution in [0.15, 0.2) is 83.8 Å². The number of halogens is 2. The first-order chi connectivity index (χ1) is 14.4. The normalized spacial score (nSPS) is 11.1. The number of sulfonamides is 1. The lowest BCUT2D eigenvalue weighted by Gasteiger charge is -2.24. The third kappa shape index (κ3) is 5.53. The van der Waals surface area contributed by atoms with Crippen LogP contribution in [0, 0.1) is 0 Å². The van der Waals surface area contributed by atoms with Crippen LogP contribution in [0.3, 0.4) is 0 Å². The Morgan fingerprint density at radius 1 is 0.867 bits per heavy atom. The molecular weight excluding hydrogens is 443 g/mol. The zero-order chi connectivity index (χ0) is 21.6. The van der Waals surface area contributed by atoms with Gasteiger partial charge in [-0.1, -0.05) is 71.7 Å². The van der Waals surface area contributed by atoms with E-state index in [9.17, 15) is 13.2 Å². The van der Waals surface area contributed by atoms with Crippen LogP contribution in [0.2, 0.25) is 10.0 Å². The molecule has 30 heavy (non-hydrogen) atoms. The number of anilines is 1. The first kappa shape index (κ1) is 22.2. The van der Waals surface area contributed by atoms with E-state index in [0.29, 0.717) is 18.0 Å². The Labute approximate surface area is 186 Å². The van der Waals surface area contributed by atoms with Crippen molar-refractivity contribution >= 4 is 44.8 Å². The van der Waals surface area contributed by atoms with Gasteiger partial charge in [-0.15, -0.1) is 0 Å². The van der Waals surface area contributed by atoms with Crippen LogP contribution >= 0.6 is 23.2 Å². The third-order valence-corrected chi connectivity index (χ3v) is 6.92. The Balaban J connectivity index is 1.80. The van der Waals surface area contributed by atoms with Crippen LogP contribution in [-0.4, -0.2) is 27.4 Å². The molecule has 3 aromatic carbocycles. The van der Waals surface area contributed by atoms with E-state index >= 15 is 0 Å². The predicted octanol–water partition coefficient (Wildman–Crippen LogP) is 4.55. The summed E-state index contributed by atoms with van der Waals surface area (Å²) in [6.07, 6.45) is 0.644. The van der Waals surface area contributed by atoms with Crippen molar-refractivity contribution < 1.29 is 13.2 Å². The highest BCUT2D eigenvalue weighted by molar-refractivity contribution is 7.92. The second kappa shape index (κ2) is 9.98. The molecule has 1 amide bonds. The van der Waals surface area contributed by atoms with Gasteiger partial charge in [-0.3, -0.25) is 9.10 Å².